The van der Waals surface area contributed by atoms with Gasteiger partial charge in [0.2, 0.25) is 5.91 Å². The fourth-order valence-corrected chi connectivity index (χ4v) is 2.62. The Morgan fingerprint density at radius 1 is 1.15 bits per heavy atom. The molecule has 1 atom stereocenters. The summed E-state index contributed by atoms with van der Waals surface area (Å²) >= 11 is 0. The molecule has 1 aromatic rings. The van der Waals surface area contributed by atoms with Crippen molar-refractivity contribution in [1.29, 1.82) is 0 Å². The molecular weight excluding hydrogens is 254 g/mol. The van der Waals surface area contributed by atoms with Gasteiger partial charge in [-0.2, -0.15) is 0 Å². The van der Waals surface area contributed by atoms with Crippen LogP contribution < -0.4 is 5.73 Å². The number of nitrogens with zero attached hydrogens (tertiary/aromatic N) is 2. The first-order chi connectivity index (χ1) is 9.74. The van der Waals surface area contributed by atoms with Gasteiger partial charge in [0, 0.05) is 13.1 Å². The first kappa shape index (κ1) is 14.4. The van der Waals surface area contributed by atoms with E-state index in [1.807, 2.05) is 35.2 Å². The topological polar surface area (TPSA) is 78.9 Å². The molecule has 1 aliphatic heterocycles. The predicted molar refractivity (Wildman–Crippen MR) is 77.6 cm³/mol. The summed E-state index contributed by atoms with van der Waals surface area (Å²) in [6, 6.07) is 9.24. The Morgan fingerprint density at radius 3 is 2.30 bits per heavy atom. The quantitative estimate of drug-likeness (QED) is 0.383. The van der Waals surface area contributed by atoms with E-state index in [4.69, 9.17) is 10.9 Å². The maximum Gasteiger partial charge on any atom is 0.237 e. The van der Waals surface area contributed by atoms with Crippen molar-refractivity contribution in [1.82, 2.24) is 4.90 Å². The van der Waals surface area contributed by atoms with E-state index < -0.39 is 5.92 Å². The van der Waals surface area contributed by atoms with Gasteiger partial charge in [0.05, 0.1) is 0 Å². The van der Waals surface area contributed by atoms with Crippen LogP contribution in [0.5, 0.6) is 0 Å². The summed E-state index contributed by atoms with van der Waals surface area (Å²) in [5, 5.41) is 12.0. The number of carbonyl (C=O) groups is 1. The second-order valence-electron chi connectivity index (χ2n) is 5.11. The van der Waals surface area contributed by atoms with Gasteiger partial charge in [-0.25, -0.2) is 0 Å². The fraction of sp³-hybridized carbons (Fsp3) is 0.467. The summed E-state index contributed by atoms with van der Waals surface area (Å²) in [7, 11) is 0. The molecule has 20 heavy (non-hydrogen) atoms. The van der Waals surface area contributed by atoms with Crippen LogP contribution in [0.3, 0.4) is 0 Å². The van der Waals surface area contributed by atoms with Crippen LogP contribution >= 0.6 is 0 Å². The second kappa shape index (κ2) is 6.93. The Morgan fingerprint density at radius 2 is 1.75 bits per heavy atom. The lowest BCUT2D eigenvalue weighted by Crippen LogP contribution is -2.41. The SMILES string of the molecule is NC(=NO)C(C(=O)N1CCCCCC1)c1ccccc1. The van der Waals surface area contributed by atoms with Crippen molar-refractivity contribution in [3.05, 3.63) is 35.9 Å². The summed E-state index contributed by atoms with van der Waals surface area (Å²) in [6.07, 6.45) is 4.35. The van der Waals surface area contributed by atoms with Crippen LogP contribution in [-0.4, -0.2) is 34.9 Å². The van der Waals surface area contributed by atoms with Crippen molar-refractivity contribution in [3.63, 3.8) is 0 Å². The number of oxime groups is 1. The van der Waals surface area contributed by atoms with E-state index >= 15 is 0 Å². The van der Waals surface area contributed by atoms with Crippen LogP contribution in [0.2, 0.25) is 0 Å². The number of nitrogens with two attached hydrogens (primary N) is 1. The van der Waals surface area contributed by atoms with Crippen molar-refractivity contribution in [3.8, 4) is 0 Å². The number of rotatable bonds is 3. The number of amides is 1. The van der Waals surface area contributed by atoms with E-state index in [1.165, 1.54) is 0 Å². The van der Waals surface area contributed by atoms with Gasteiger partial charge in [0.25, 0.3) is 0 Å². The highest BCUT2D eigenvalue weighted by atomic mass is 16.4. The maximum absolute atomic E-state index is 12.7. The molecule has 0 bridgehead atoms. The fourth-order valence-electron chi connectivity index (χ4n) is 2.62. The summed E-state index contributed by atoms with van der Waals surface area (Å²) in [5.41, 5.74) is 6.51. The number of hydrogen-bond acceptors (Lipinski definition) is 3. The highest BCUT2D eigenvalue weighted by molar-refractivity contribution is 6.07. The van der Waals surface area contributed by atoms with Crippen LogP contribution in [0.4, 0.5) is 0 Å². The number of likely N-dealkylation sites (tertiary alicyclic amines) is 1. The van der Waals surface area contributed by atoms with Crippen LogP contribution in [-0.2, 0) is 4.79 Å². The Balaban J connectivity index is 2.24. The number of benzene rings is 1. The first-order valence-electron chi connectivity index (χ1n) is 7.05. The van der Waals surface area contributed by atoms with Gasteiger partial charge in [-0.3, -0.25) is 4.79 Å². The molecule has 5 heteroatoms. The molecule has 108 valence electrons. The van der Waals surface area contributed by atoms with Crippen molar-refractivity contribution < 1.29 is 10.0 Å². The van der Waals surface area contributed by atoms with Gasteiger partial charge in [-0.1, -0.05) is 48.3 Å². The minimum absolute atomic E-state index is 0.0505. The zero-order valence-electron chi connectivity index (χ0n) is 11.5. The van der Waals surface area contributed by atoms with Crippen molar-refractivity contribution in [2.75, 3.05) is 13.1 Å². The maximum atomic E-state index is 12.7. The lowest BCUT2D eigenvalue weighted by molar-refractivity contribution is -0.131. The van der Waals surface area contributed by atoms with E-state index in [0.29, 0.717) is 0 Å². The first-order valence-corrected chi connectivity index (χ1v) is 7.05. The summed E-state index contributed by atoms with van der Waals surface area (Å²) < 4.78 is 0. The van der Waals surface area contributed by atoms with Gasteiger partial charge in [0.1, 0.15) is 5.92 Å². The van der Waals surface area contributed by atoms with E-state index in [9.17, 15) is 4.79 Å². The number of hydrogen-bond donors (Lipinski definition) is 2. The highest BCUT2D eigenvalue weighted by Crippen LogP contribution is 2.21. The molecule has 0 aromatic heterocycles. The molecule has 5 nitrogen and oxygen atoms in total. The zero-order chi connectivity index (χ0) is 14.4. The van der Waals surface area contributed by atoms with Gasteiger partial charge in [0.15, 0.2) is 5.84 Å². The molecule has 0 aliphatic carbocycles. The summed E-state index contributed by atoms with van der Waals surface area (Å²) in [4.78, 5) is 14.5. The van der Waals surface area contributed by atoms with Crippen molar-refractivity contribution >= 4 is 11.7 Å². The van der Waals surface area contributed by atoms with Crippen molar-refractivity contribution in [2.45, 2.75) is 31.6 Å². The second-order valence-corrected chi connectivity index (χ2v) is 5.11. The van der Waals surface area contributed by atoms with Gasteiger partial charge in [-0.15, -0.1) is 0 Å². The summed E-state index contributed by atoms with van der Waals surface area (Å²) in [6.45, 7) is 1.50. The Hall–Kier alpha value is -2.04. The lowest BCUT2D eigenvalue weighted by Gasteiger charge is -2.25. The molecule has 1 unspecified atom stereocenters. The molecule has 0 radical (unpaired) electrons. The van der Waals surface area contributed by atoms with Crippen LogP contribution in [0.1, 0.15) is 37.2 Å². The standard InChI is InChI=1S/C15H21N3O2/c16-14(17-20)13(12-8-4-3-5-9-12)15(19)18-10-6-1-2-7-11-18/h3-5,8-9,13,20H,1-2,6-7,10-11H2,(H2,16,17). The zero-order valence-corrected chi connectivity index (χ0v) is 11.5. The smallest absolute Gasteiger partial charge is 0.237 e. The van der Waals surface area contributed by atoms with Gasteiger partial charge < -0.3 is 15.8 Å². The molecule has 1 fully saturated rings. The lowest BCUT2D eigenvalue weighted by atomic mass is 9.96. The average molecular weight is 275 g/mol. The van der Waals surface area contributed by atoms with E-state index in [-0.39, 0.29) is 11.7 Å². The normalized spacial score (nSPS) is 18.4. The Labute approximate surface area is 119 Å². The number of carbonyl (C=O) groups excluding carboxylic acids is 1. The monoisotopic (exact) mass is 275 g/mol. The molecule has 0 saturated carbocycles. The molecule has 2 rings (SSSR count). The molecule has 3 N–H and O–H groups in total. The molecule has 0 spiro atoms. The predicted octanol–water partition coefficient (Wildman–Crippen LogP) is 1.92. The molecule has 1 aliphatic rings. The van der Waals surface area contributed by atoms with Crippen LogP contribution in [0.25, 0.3) is 0 Å². The largest absolute Gasteiger partial charge is 0.409 e. The number of amidine groups is 1. The minimum atomic E-state index is -0.695. The third-order valence-electron chi connectivity index (χ3n) is 3.71. The third-order valence-corrected chi connectivity index (χ3v) is 3.71. The van der Waals surface area contributed by atoms with Crippen LogP contribution in [0.15, 0.2) is 35.5 Å². The Kier molecular flexibility index (Phi) is 4.98. The molecule has 1 aromatic carbocycles. The minimum Gasteiger partial charge on any atom is -0.409 e. The van der Waals surface area contributed by atoms with Crippen molar-refractivity contribution in [2.24, 2.45) is 10.9 Å². The molecular formula is C15H21N3O2. The molecule has 1 heterocycles. The Bertz CT molecular complexity index is 465. The van der Waals surface area contributed by atoms with E-state index in [0.717, 1.165) is 44.3 Å². The molecule has 1 amide bonds. The van der Waals surface area contributed by atoms with Gasteiger partial charge in [-0.05, 0) is 18.4 Å². The van der Waals surface area contributed by atoms with Crippen LogP contribution in [0, 0.1) is 0 Å². The highest BCUT2D eigenvalue weighted by Gasteiger charge is 2.29. The molecule has 1 saturated heterocycles. The summed E-state index contributed by atoms with van der Waals surface area (Å²) in [5.74, 6) is -0.821. The third kappa shape index (κ3) is 3.29. The average Bonchev–Trinajstić information content (AvgIpc) is 2.77. The van der Waals surface area contributed by atoms with E-state index in [1.54, 1.807) is 0 Å². The van der Waals surface area contributed by atoms with Gasteiger partial charge >= 0.3 is 0 Å². The van der Waals surface area contributed by atoms with E-state index in [2.05, 4.69) is 5.16 Å².